The summed E-state index contributed by atoms with van der Waals surface area (Å²) in [5, 5.41) is 4.66. The summed E-state index contributed by atoms with van der Waals surface area (Å²) in [6, 6.07) is 21.3. The first-order valence-corrected chi connectivity index (χ1v) is 9.69. The van der Waals surface area contributed by atoms with Crippen LogP contribution < -0.4 is 23.0 Å². The number of fused-ring (bicyclic) bond motifs is 3. The molecule has 4 rings (SSSR count). The molecule has 26 heavy (non-hydrogen) atoms. The van der Waals surface area contributed by atoms with Crippen LogP contribution in [0, 0.1) is 10.2 Å². The Morgan fingerprint density at radius 2 is 1.58 bits per heavy atom. The molecule has 0 amide bonds. The lowest BCUT2D eigenvalue weighted by molar-refractivity contribution is -2.00. The van der Waals surface area contributed by atoms with Gasteiger partial charge in [0.15, 0.2) is 6.20 Å². The first-order valence-electron chi connectivity index (χ1n) is 7.57. The Morgan fingerprint density at radius 1 is 0.808 bits per heavy atom. The van der Waals surface area contributed by atoms with E-state index < -0.39 is 10.2 Å². The topological polar surface area (TPSA) is 96.3 Å². The van der Waals surface area contributed by atoms with Crippen molar-refractivity contribution in [3.63, 3.8) is 0 Å². The number of hydrogen-bond donors (Lipinski definition) is 0. The van der Waals surface area contributed by atoms with Crippen LogP contribution in [0.25, 0.3) is 28.4 Å². The van der Waals surface area contributed by atoms with E-state index in [4.69, 9.17) is 18.6 Å². The fourth-order valence-corrected chi connectivity index (χ4v) is 3.26. The number of hydrogen-bond acceptors (Lipinski definition) is 5. The highest BCUT2D eigenvalue weighted by atomic mass is 35.7. The van der Waals surface area contributed by atoms with Gasteiger partial charge in [0.25, 0.3) is 0 Å². The van der Waals surface area contributed by atoms with Crippen molar-refractivity contribution in [1.29, 1.82) is 0 Å². The SMILES string of the molecule is C(=C\c1cccc2c3ccccc3cc[n+]12)/c1cccs1.[O-][Cl+3]([O-])([O-])[O-]. The van der Waals surface area contributed by atoms with Crippen LogP contribution >= 0.6 is 11.3 Å². The summed E-state index contributed by atoms with van der Waals surface area (Å²) in [5.74, 6) is 0. The van der Waals surface area contributed by atoms with Gasteiger partial charge in [-0.05, 0) is 35.0 Å². The normalized spacial score (nSPS) is 11.7. The summed E-state index contributed by atoms with van der Waals surface area (Å²) in [6.07, 6.45) is 6.49. The number of pyridine rings is 2. The maximum absolute atomic E-state index is 8.49. The van der Waals surface area contributed by atoms with Crippen molar-refractivity contribution in [3.8, 4) is 0 Å². The van der Waals surface area contributed by atoms with Crippen molar-refractivity contribution < 1.29 is 33.3 Å². The fourth-order valence-electron chi connectivity index (χ4n) is 2.64. The molecule has 0 aliphatic heterocycles. The van der Waals surface area contributed by atoms with Crippen LogP contribution in [0.15, 0.2) is 72.2 Å². The van der Waals surface area contributed by atoms with Crippen molar-refractivity contribution in [2.45, 2.75) is 0 Å². The van der Waals surface area contributed by atoms with Gasteiger partial charge in [0.1, 0.15) is 0 Å². The second-order valence-electron chi connectivity index (χ2n) is 5.34. The molecule has 5 nitrogen and oxygen atoms in total. The fraction of sp³-hybridized carbons (Fsp3) is 0. The van der Waals surface area contributed by atoms with Crippen molar-refractivity contribution >= 4 is 39.8 Å². The van der Waals surface area contributed by atoms with Crippen LogP contribution in [-0.2, 0) is 0 Å². The molecule has 4 aromatic rings. The van der Waals surface area contributed by atoms with E-state index in [-0.39, 0.29) is 0 Å². The quantitative estimate of drug-likeness (QED) is 0.358. The van der Waals surface area contributed by atoms with Gasteiger partial charge in [-0.3, -0.25) is 0 Å². The summed E-state index contributed by atoms with van der Waals surface area (Å²) < 4.78 is 36.2. The third-order valence-corrected chi connectivity index (χ3v) is 4.50. The standard InChI is InChI=1S/C19H14NS.ClHO4/c1-2-8-18-15(5-1)12-13-20-16(6-3-9-19(18)20)10-11-17-7-4-14-21-17;2-1(3,4)5/h1-14H;(H,2,3,4,5)/q+1;/p-1/b11-10+;. The maximum atomic E-state index is 8.49. The minimum Gasteiger partial charge on any atom is -0.222 e. The average Bonchev–Trinajstić information content (AvgIpc) is 3.12. The van der Waals surface area contributed by atoms with Crippen molar-refractivity contribution in [2.75, 3.05) is 0 Å². The number of benzene rings is 1. The lowest BCUT2D eigenvalue weighted by Gasteiger charge is -2.17. The van der Waals surface area contributed by atoms with Crippen LogP contribution in [0.4, 0.5) is 0 Å². The molecule has 0 saturated heterocycles. The summed E-state index contributed by atoms with van der Waals surface area (Å²) in [7, 11) is -4.94. The van der Waals surface area contributed by atoms with Crippen LogP contribution in [0.2, 0.25) is 0 Å². The lowest BCUT2D eigenvalue weighted by atomic mass is 10.1. The number of nitrogens with zero attached hydrogens (tertiary/aromatic N) is 1. The van der Waals surface area contributed by atoms with Gasteiger partial charge in [-0.2, -0.15) is 4.40 Å². The first kappa shape index (κ1) is 18.5. The van der Waals surface area contributed by atoms with E-state index in [0.717, 1.165) is 0 Å². The maximum Gasteiger partial charge on any atom is 0.219 e. The molecule has 0 aliphatic rings. The van der Waals surface area contributed by atoms with Gasteiger partial charge in [-0.1, -0.05) is 24.3 Å². The van der Waals surface area contributed by atoms with Gasteiger partial charge in [0, 0.05) is 29.2 Å². The van der Waals surface area contributed by atoms with E-state index in [1.54, 1.807) is 11.3 Å². The molecule has 3 heterocycles. The number of thiophene rings is 1. The highest BCUT2D eigenvalue weighted by Gasteiger charge is 2.10. The summed E-state index contributed by atoms with van der Waals surface area (Å²) in [6.45, 7) is 0. The zero-order chi connectivity index (χ0) is 18.6. The zero-order valence-corrected chi connectivity index (χ0v) is 15.0. The van der Waals surface area contributed by atoms with E-state index in [1.165, 1.54) is 26.9 Å². The van der Waals surface area contributed by atoms with Crippen LogP contribution in [0.5, 0.6) is 0 Å². The van der Waals surface area contributed by atoms with Gasteiger partial charge in [-0.25, -0.2) is 18.6 Å². The molecule has 7 heteroatoms. The van der Waals surface area contributed by atoms with Gasteiger partial charge < -0.3 is 0 Å². The third-order valence-electron chi connectivity index (χ3n) is 3.66. The molecule has 0 atom stereocenters. The zero-order valence-electron chi connectivity index (χ0n) is 13.4. The second-order valence-corrected chi connectivity index (χ2v) is 7.07. The molecule has 0 bridgehead atoms. The smallest absolute Gasteiger partial charge is 0.219 e. The van der Waals surface area contributed by atoms with Crippen LogP contribution in [-0.4, -0.2) is 0 Å². The van der Waals surface area contributed by atoms with Gasteiger partial charge in [0.2, 0.25) is 11.2 Å². The largest absolute Gasteiger partial charge is 0.222 e. The molecule has 0 fully saturated rings. The number of rotatable bonds is 2. The Hall–Kier alpha value is -2.32. The molecule has 0 saturated carbocycles. The van der Waals surface area contributed by atoms with Crippen LogP contribution in [0.1, 0.15) is 10.6 Å². The van der Waals surface area contributed by atoms with Crippen molar-refractivity contribution in [1.82, 2.24) is 0 Å². The summed E-state index contributed by atoms with van der Waals surface area (Å²) in [4.78, 5) is 1.27. The second kappa shape index (κ2) is 7.92. The van der Waals surface area contributed by atoms with E-state index in [0.29, 0.717) is 0 Å². The first-order chi connectivity index (χ1) is 12.4. The van der Waals surface area contributed by atoms with E-state index in [1.807, 2.05) is 0 Å². The highest BCUT2D eigenvalue weighted by molar-refractivity contribution is 7.10. The minimum atomic E-state index is -4.94. The van der Waals surface area contributed by atoms with Crippen molar-refractivity contribution in [3.05, 3.63) is 82.8 Å². The van der Waals surface area contributed by atoms with Gasteiger partial charge in [0.05, 0.1) is 5.39 Å². The van der Waals surface area contributed by atoms with E-state index >= 15 is 0 Å². The van der Waals surface area contributed by atoms with E-state index in [2.05, 4.69) is 88.8 Å². The molecule has 132 valence electrons. The molecule has 0 unspecified atom stereocenters. The Morgan fingerprint density at radius 3 is 2.31 bits per heavy atom. The lowest BCUT2D eigenvalue weighted by Crippen LogP contribution is -2.68. The van der Waals surface area contributed by atoms with Crippen LogP contribution in [0.3, 0.4) is 0 Å². The monoisotopic (exact) mass is 387 g/mol. The number of halogens is 1. The molecule has 3 aromatic heterocycles. The van der Waals surface area contributed by atoms with Gasteiger partial charge in [-0.15, -0.1) is 21.6 Å². The minimum absolute atomic E-state index is 1.19. The predicted molar refractivity (Wildman–Crippen MR) is 90.4 cm³/mol. The molecule has 0 aliphatic carbocycles. The molecule has 0 spiro atoms. The summed E-state index contributed by atoms with van der Waals surface area (Å²) in [5.41, 5.74) is 2.42. The molecular formula is C19H14ClNO4S. The van der Waals surface area contributed by atoms with Gasteiger partial charge >= 0.3 is 0 Å². The Labute approximate surface area is 156 Å². The molecule has 0 N–H and O–H groups in total. The Kier molecular flexibility index (Phi) is 5.63. The number of aromatic nitrogens is 1. The molecular weight excluding hydrogens is 374 g/mol. The van der Waals surface area contributed by atoms with Crippen molar-refractivity contribution in [2.24, 2.45) is 0 Å². The van der Waals surface area contributed by atoms with E-state index in [9.17, 15) is 0 Å². The predicted octanol–water partition coefficient (Wildman–Crippen LogP) is 0.0544. The molecule has 0 radical (unpaired) electrons. The Balaban J connectivity index is 0.000000349. The summed E-state index contributed by atoms with van der Waals surface area (Å²) >= 11 is 1.75. The molecule has 1 aromatic carbocycles. The average molecular weight is 388 g/mol. The highest BCUT2D eigenvalue weighted by Crippen LogP contribution is 2.18. The third kappa shape index (κ3) is 4.86. The Bertz CT molecular complexity index is 1040.